The normalized spacial score (nSPS) is 11.0. The summed E-state index contributed by atoms with van der Waals surface area (Å²) in [6, 6.07) is -0.426. The number of hydrogen-bond acceptors (Lipinski definition) is 3. The van der Waals surface area contributed by atoms with Crippen LogP contribution >= 0.6 is 0 Å². The van der Waals surface area contributed by atoms with E-state index in [9.17, 15) is 4.79 Å². The van der Waals surface area contributed by atoms with Crippen LogP contribution in [0, 0.1) is 0 Å². The maximum Gasteiger partial charge on any atom is 0.221 e. The first-order valence-corrected chi connectivity index (χ1v) is 3.77. The summed E-state index contributed by atoms with van der Waals surface area (Å²) in [7, 11) is 1.53. The largest absolute Gasteiger partial charge is 0.395 e. The molecule has 0 saturated heterocycles. The first-order valence-electron chi connectivity index (χ1n) is 3.77. The molecule has 1 amide bonds. The van der Waals surface area contributed by atoms with Crippen LogP contribution in [0.25, 0.3) is 0 Å². The van der Waals surface area contributed by atoms with Crippen LogP contribution in [0.4, 0.5) is 0 Å². The summed E-state index contributed by atoms with van der Waals surface area (Å²) in [5.41, 5.74) is 5.24. The van der Waals surface area contributed by atoms with Gasteiger partial charge in [0, 0.05) is 19.5 Å². The molecule has 4 heteroatoms. The zero-order valence-corrected chi connectivity index (χ0v) is 7.42. The van der Waals surface area contributed by atoms with E-state index < -0.39 is 6.04 Å². The lowest BCUT2D eigenvalue weighted by Crippen LogP contribution is -2.32. The molecule has 11 heavy (non-hydrogen) atoms. The minimum atomic E-state index is -0.426. The molecule has 4 nitrogen and oxygen atoms in total. The van der Waals surface area contributed by atoms with Gasteiger partial charge < -0.3 is 16.2 Å². The average molecular weight is 162 g/mol. The second-order valence-corrected chi connectivity index (χ2v) is 1.82. The molecule has 0 aliphatic carbocycles. The zero-order chi connectivity index (χ0) is 9.28. The molecule has 0 fully saturated rings. The number of rotatable bonds is 3. The fraction of sp³-hybridized carbons (Fsp3) is 0.857. The van der Waals surface area contributed by atoms with E-state index in [2.05, 4.69) is 5.32 Å². The fourth-order valence-corrected chi connectivity index (χ4v) is 0.405. The highest BCUT2D eigenvalue weighted by molar-refractivity contribution is 5.76. The molecule has 0 aromatic rings. The Labute approximate surface area is 67.8 Å². The van der Waals surface area contributed by atoms with E-state index >= 15 is 0 Å². The molecule has 0 aromatic carbocycles. The zero-order valence-electron chi connectivity index (χ0n) is 7.42. The van der Waals surface area contributed by atoms with Gasteiger partial charge in [0.15, 0.2) is 0 Å². The van der Waals surface area contributed by atoms with Crippen LogP contribution in [0.5, 0.6) is 0 Å². The number of amides is 1. The van der Waals surface area contributed by atoms with Gasteiger partial charge in [-0.15, -0.1) is 0 Å². The van der Waals surface area contributed by atoms with Crippen molar-refractivity contribution in [1.29, 1.82) is 0 Å². The summed E-state index contributed by atoms with van der Waals surface area (Å²) in [4.78, 5) is 10.5. The number of aliphatic hydroxyl groups is 1. The first-order chi connectivity index (χ1) is 5.20. The number of nitrogens with one attached hydrogen (secondary N) is 1. The van der Waals surface area contributed by atoms with E-state index in [1.165, 1.54) is 7.05 Å². The summed E-state index contributed by atoms with van der Waals surface area (Å²) < 4.78 is 0. The van der Waals surface area contributed by atoms with Crippen LogP contribution < -0.4 is 11.1 Å². The van der Waals surface area contributed by atoms with E-state index in [1.807, 2.05) is 13.8 Å². The summed E-state index contributed by atoms with van der Waals surface area (Å²) in [6.07, 6.45) is 0.188. The van der Waals surface area contributed by atoms with Crippen LogP contribution in [-0.2, 0) is 4.79 Å². The summed E-state index contributed by atoms with van der Waals surface area (Å²) in [5.74, 6) is -0.142. The summed E-state index contributed by atoms with van der Waals surface area (Å²) in [5, 5.41) is 10.8. The second kappa shape index (κ2) is 9.39. The average Bonchev–Trinajstić information content (AvgIpc) is 2.07. The molecule has 0 radical (unpaired) electrons. The third kappa shape index (κ3) is 9.39. The molecular formula is C7H18N2O2. The molecule has 0 bridgehead atoms. The van der Waals surface area contributed by atoms with Crippen molar-refractivity contribution in [2.75, 3.05) is 13.7 Å². The topological polar surface area (TPSA) is 75.4 Å². The van der Waals surface area contributed by atoms with Gasteiger partial charge in [-0.2, -0.15) is 0 Å². The minimum absolute atomic E-state index is 0.142. The van der Waals surface area contributed by atoms with Gasteiger partial charge in [-0.25, -0.2) is 0 Å². The molecular weight excluding hydrogens is 144 g/mol. The van der Waals surface area contributed by atoms with E-state index in [4.69, 9.17) is 10.8 Å². The lowest BCUT2D eigenvalue weighted by Gasteiger charge is -2.04. The standard InChI is InChI=1S/C5H12N2O2.C2H6/c1-7-5(9)2-4(6)3-8;1-2/h4,8H,2-3,6H2,1H3,(H,7,9);1-2H3/t4-;/m0./s1. The molecule has 0 aromatic heterocycles. The van der Waals surface area contributed by atoms with Crippen molar-refractivity contribution in [3.8, 4) is 0 Å². The van der Waals surface area contributed by atoms with Crippen LogP contribution in [0.1, 0.15) is 20.3 Å². The van der Waals surface area contributed by atoms with Gasteiger partial charge in [-0.05, 0) is 0 Å². The van der Waals surface area contributed by atoms with Gasteiger partial charge in [-0.1, -0.05) is 13.8 Å². The summed E-state index contributed by atoms with van der Waals surface area (Å²) in [6.45, 7) is 3.85. The molecule has 0 aliphatic rings. The molecule has 0 saturated carbocycles. The smallest absolute Gasteiger partial charge is 0.221 e. The monoisotopic (exact) mass is 162 g/mol. The van der Waals surface area contributed by atoms with Crippen LogP contribution in [0.15, 0.2) is 0 Å². The van der Waals surface area contributed by atoms with Gasteiger partial charge in [0.25, 0.3) is 0 Å². The van der Waals surface area contributed by atoms with Crippen LogP contribution in [0.2, 0.25) is 0 Å². The highest BCUT2D eigenvalue weighted by Crippen LogP contribution is 1.83. The number of hydrogen-bond donors (Lipinski definition) is 3. The quantitative estimate of drug-likeness (QED) is 0.522. The van der Waals surface area contributed by atoms with E-state index in [1.54, 1.807) is 0 Å². The molecule has 68 valence electrons. The Kier molecular flexibility index (Phi) is 11.1. The van der Waals surface area contributed by atoms with Crippen LogP contribution in [0.3, 0.4) is 0 Å². The highest BCUT2D eigenvalue weighted by Gasteiger charge is 2.04. The van der Waals surface area contributed by atoms with Gasteiger partial charge >= 0.3 is 0 Å². The van der Waals surface area contributed by atoms with E-state index in [0.717, 1.165) is 0 Å². The minimum Gasteiger partial charge on any atom is -0.395 e. The Bertz CT molecular complexity index is 96.4. The van der Waals surface area contributed by atoms with E-state index in [0.29, 0.717) is 0 Å². The molecule has 1 atom stereocenters. The third-order valence-electron chi connectivity index (χ3n) is 0.961. The van der Waals surface area contributed by atoms with Crippen molar-refractivity contribution in [3.05, 3.63) is 0 Å². The van der Waals surface area contributed by atoms with Gasteiger partial charge in [-0.3, -0.25) is 4.79 Å². The fourth-order valence-electron chi connectivity index (χ4n) is 0.405. The van der Waals surface area contributed by atoms with Crippen molar-refractivity contribution < 1.29 is 9.90 Å². The predicted octanol–water partition coefficient (Wildman–Crippen LogP) is -0.532. The number of carbonyl (C=O) groups is 1. The van der Waals surface area contributed by atoms with Crippen molar-refractivity contribution >= 4 is 5.91 Å². The molecule has 0 spiro atoms. The molecule has 0 aliphatic heterocycles. The maximum absolute atomic E-state index is 10.5. The Hall–Kier alpha value is -0.610. The molecule has 0 unspecified atom stereocenters. The van der Waals surface area contributed by atoms with Gasteiger partial charge in [0.1, 0.15) is 0 Å². The van der Waals surface area contributed by atoms with Crippen molar-refractivity contribution in [1.82, 2.24) is 5.32 Å². The highest BCUT2D eigenvalue weighted by atomic mass is 16.3. The molecule has 4 N–H and O–H groups in total. The van der Waals surface area contributed by atoms with Gasteiger partial charge in [0.2, 0.25) is 5.91 Å². The number of carbonyl (C=O) groups excluding carboxylic acids is 1. The first kappa shape index (κ1) is 13.0. The van der Waals surface area contributed by atoms with Crippen molar-refractivity contribution in [2.45, 2.75) is 26.3 Å². The Morgan fingerprint density at radius 3 is 2.36 bits per heavy atom. The lowest BCUT2D eigenvalue weighted by molar-refractivity contribution is -0.121. The Morgan fingerprint density at radius 1 is 1.64 bits per heavy atom. The van der Waals surface area contributed by atoms with Crippen molar-refractivity contribution in [2.24, 2.45) is 5.73 Å². The summed E-state index contributed by atoms with van der Waals surface area (Å²) >= 11 is 0. The van der Waals surface area contributed by atoms with Crippen LogP contribution in [-0.4, -0.2) is 30.7 Å². The second-order valence-electron chi connectivity index (χ2n) is 1.82. The van der Waals surface area contributed by atoms with E-state index in [-0.39, 0.29) is 18.9 Å². The predicted molar refractivity (Wildman–Crippen MR) is 45.1 cm³/mol. The Balaban J connectivity index is 0. The molecule has 0 heterocycles. The van der Waals surface area contributed by atoms with Crippen molar-refractivity contribution in [3.63, 3.8) is 0 Å². The lowest BCUT2D eigenvalue weighted by atomic mass is 10.2. The molecule has 0 rings (SSSR count). The number of aliphatic hydroxyl groups excluding tert-OH is 1. The third-order valence-corrected chi connectivity index (χ3v) is 0.961. The Morgan fingerprint density at radius 2 is 2.09 bits per heavy atom. The maximum atomic E-state index is 10.5. The SMILES string of the molecule is CC.CNC(=O)C[C@H](N)CO. The number of nitrogens with two attached hydrogens (primary N) is 1. The van der Waals surface area contributed by atoms with Gasteiger partial charge in [0.05, 0.1) is 6.61 Å².